The molecule has 1 radical (unpaired) electrons. The van der Waals surface area contributed by atoms with Gasteiger partial charge in [0.1, 0.15) is 0 Å². The van der Waals surface area contributed by atoms with Crippen LogP contribution in [0.5, 0.6) is 0 Å². The van der Waals surface area contributed by atoms with Crippen molar-refractivity contribution in [2.75, 3.05) is 19.6 Å². The molecule has 0 spiro atoms. The van der Waals surface area contributed by atoms with Crippen molar-refractivity contribution in [1.29, 1.82) is 0 Å². The van der Waals surface area contributed by atoms with Gasteiger partial charge in [0.15, 0.2) is 0 Å². The maximum absolute atomic E-state index is 11.5. The molecule has 1 heterocycles. The van der Waals surface area contributed by atoms with E-state index in [1.807, 2.05) is 11.8 Å². The van der Waals surface area contributed by atoms with Gasteiger partial charge in [-0.25, -0.2) is 0 Å². The summed E-state index contributed by atoms with van der Waals surface area (Å²) in [5, 5.41) is 3.32. The second-order valence-corrected chi connectivity index (χ2v) is 3.84. The topological polar surface area (TPSA) is 32.3 Å². The van der Waals surface area contributed by atoms with Gasteiger partial charge in [0.05, 0.1) is 0 Å². The van der Waals surface area contributed by atoms with Crippen LogP contribution in [0.3, 0.4) is 0 Å². The van der Waals surface area contributed by atoms with Crippen LogP contribution in [0.15, 0.2) is 0 Å². The second-order valence-electron chi connectivity index (χ2n) is 3.84. The van der Waals surface area contributed by atoms with Crippen molar-refractivity contribution in [1.82, 2.24) is 10.2 Å². The highest BCUT2D eigenvalue weighted by atomic mass is 16.2. The molecular formula is C10H19N2O. The van der Waals surface area contributed by atoms with Crippen LogP contribution in [0, 0.1) is 12.3 Å². The molecule has 1 amide bonds. The van der Waals surface area contributed by atoms with E-state index in [0.29, 0.717) is 12.0 Å². The molecule has 1 aliphatic rings. The van der Waals surface area contributed by atoms with Crippen molar-refractivity contribution < 1.29 is 4.79 Å². The maximum Gasteiger partial charge on any atom is 0.226 e. The van der Waals surface area contributed by atoms with E-state index in [2.05, 4.69) is 19.2 Å². The summed E-state index contributed by atoms with van der Waals surface area (Å²) in [7, 11) is 0. The molecule has 75 valence electrons. The van der Waals surface area contributed by atoms with Crippen LogP contribution in [0.4, 0.5) is 0 Å². The first-order valence-corrected chi connectivity index (χ1v) is 4.97. The van der Waals surface area contributed by atoms with Gasteiger partial charge >= 0.3 is 0 Å². The number of carbonyl (C=O) groups excluding carboxylic acids is 1. The van der Waals surface area contributed by atoms with Crippen molar-refractivity contribution in [3.05, 3.63) is 6.42 Å². The van der Waals surface area contributed by atoms with Gasteiger partial charge < -0.3 is 10.2 Å². The lowest BCUT2D eigenvalue weighted by molar-refractivity contribution is -0.131. The minimum Gasteiger partial charge on any atom is -0.337 e. The molecule has 1 unspecified atom stereocenters. The van der Waals surface area contributed by atoms with Crippen molar-refractivity contribution in [3.63, 3.8) is 0 Å². The van der Waals surface area contributed by atoms with Crippen LogP contribution < -0.4 is 5.32 Å². The Labute approximate surface area is 80.5 Å². The largest absolute Gasteiger partial charge is 0.337 e. The van der Waals surface area contributed by atoms with Crippen LogP contribution in [0.1, 0.15) is 20.8 Å². The van der Waals surface area contributed by atoms with Crippen molar-refractivity contribution in [3.8, 4) is 0 Å². The third-order valence-corrected chi connectivity index (χ3v) is 2.58. The minimum absolute atomic E-state index is 0.167. The molecule has 1 saturated heterocycles. The number of carbonyl (C=O) groups is 1. The van der Waals surface area contributed by atoms with E-state index in [9.17, 15) is 4.79 Å². The molecule has 13 heavy (non-hydrogen) atoms. The third-order valence-electron chi connectivity index (χ3n) is 2.58. The summed E-state index contributed by atoms with van der Waals surface area (Å²) in [6.45, 7) is 8.81. The Bertz CT molecular complexity index is 180. The standard InChI is InChI=1S/C10H19N2O/c1-4-10(13)12-6-5-11-7-9(12)8(2)3/h4,8-9,11H,5-7H2,1-3H3. The zero-order chi connectivity index (χ0) is 9.84. The Morgan fingerprint density at radius 1 is 1.62 bits per heavy atom. The van der Waals surface area contributed by atoms with Gasteiger partial charge in [-0.1, -0.05) is 20.8 Å². The van der Waals surface area contributed by atoms with Crippen LogP contribution >= 0.6 is 0 Å². The first kappa shape index (κ1) is 10.5. The molecule has 3 heteroatoms. The fraction of sp³-hybridized carbons (Fsp3) is 0.800. The molecule has 3 nitrogen and oxygen atoms in total. The molecule has 0 saturated carbocycles. The molecule has 1 rings (SSSR count). The highest BCUT2D eigenvalue weighted by Crippen LogP contribution is 2.13. The molecule has 1 aliphatic heterocycles. The Morgan fingerprint density at radius 2 is 2.31 bits per heavy atom. The van der Waals surface area contributed by atoms with Crippen LogP contribution in [0.2, 0.25) is 0 Å². The lowest BCUT2D eigenvalue weighted by atomic mass is 10.0. The lowest BCUT2D eigenvalue weighted by Gasteiger charge is -2.38. The number of amides is 1. The molecule has 1 fully saturated rings. The quantitative estimate of drug-likeness (QED) is 0.682. The van der Waals surface area contributed by atoms with E-state index in [-0.39, 0.29) is 5.91 Å². The fourth-order valence-electron chi connectivity index (χ4n) is 1.76. The van der Waals surface area contributed by atoms with Crippen molar-refractivity contribution in [2.24, 2.45) is 5.92 Å². The SMILES string of the molecule is C[CH]C(=O)N1CCNCC1C(C)C. The van der Waals surface area contributed by atoms with E-state index >= 15 is 0 Å². The van der Waals surface area contributed by atoms with Crippen LogP contribution in [0.25, 0.3) is 0 Å². The summed E-state index contributed by atoms with van der Waals surface area (Å²) in [5.74, 6) is 0.692. The number of nitrogens with one attached hydrogen (secondary N) is 1. The average molecular weight is 183 g/mol. The average Bonchev–Trinajstić information content (AvgIpc) is 2.16. The first-order chi connectivity index (χ1) is 6.16. The predicted molar refractivity (Wildman–Crippen MR) is 53.2 cm³/mol. The van der Waals surface area contributed by atoms with Gasteiger partial charge in [0.25, 0.3) is 0 Å². The Balaban J connectivity index is 2.61. The van der Waals surface area contributed by atoms with E-state index in [0.717, 1.165) is 19.6 Å². The molecule has 0 aromatic carbocycles. The molecular weight excluding hydrogens is 164 g/mol. The molecule has 0 aromatic rings. The predicted octanol–water partition coefficient (Wildman–Crippen LogP) is 0.667. The number of nitrogens with zero attached hydrogens (tertiary/aromatic N) is 1. The summed E-state index contributed by atoms with van der Waals surface area (Å²) >= 11 is 0. The number of piperazine rings is 1. The van der Waals surface area contributed by atoms with Crippen molar-refractivity contribution >= 4 is 5.91 Å². The van der Waals surface area contributed by atoms with E-state index in [4.69, 9.17) is 0 Å². The summed E-state index contributed by atoms with van der Waals surface area (Å²) in [4.78, 5) is 13.5. The van der Waals surface area contributed by atoms with E-state index in [1.54, 1.807) is 6.42 Å². The van der Waals surface area contributed by atoms with Crippen LogP contribution in [-0.4, -0.2) is 36.5 Å². The van der Waals surface area contributed by atoms with Gasteiger partial charge in [-0.3, -0.25) is 4.79 Å². The monoisotopic (exact) mass is 183 g/mol. The highest BCUT2D eigenvalue weighted by molar-refractivity contribution is 5.84. The zero-order valence-corrected chi connectivity index (χ0v) is 8.71. The maximum atomic E-state index is 11.5. The normalized spacial score (nSPS) is 23.7. The van der Waals surface area contributed by atoms with E-state index < -0.39 is 0 Å². The molecule has 0 aromatic heterocycles. The molecule has 0 bridgehead atoms. The molecule has 1 atom stereocenters. The second kappa shape index (κ2) is 4.61. The van der Waals surface area contributed by atoms with Gasteiger partial charge in [-0.2, -0.15) is 0 Å². The van der Waals surface area contributed by atoms with Gasteiger partial charge in [-0.15, -0.1) is 0 Å². The lowest BCUT2D eigenvalue weighted by Crippen LogP contribution is -2.55. The Kier molecular flexibility index (Phi) is 3.72. The Morgan fingerprint density at radius 3 is 2.85 bits per heavy atom. The molecule has 1 N–H and O–H groups in total. The summed E-state index contributed by atoms with van der Waals surface area (Å²) < 4.78 is 0. The number of rotatable bonds is 2. The minimum atomic E-state index is 0.167. The van der Waals surface area contributed by atoms with E-state index in [1.165, 1.54) is 0 Å². The zero-order valence-electron chi connectivity index (χ0n) is 8.71. The van der Waals surface area contributed by atoms with Gasteiger partial charge in [0.2, 0.25) is 5.91 Å². The van der Waals surface area contributed by atoms with Gasteiger partial charge in [0, 0.05) is 32.1 Å². The number of hydrogen-bond donors (Lipinski definition) is 1. The van der Waals surface area contributed by atoms with Gasteiger partial charge in [-0.05, 0) is 5.92 Å². The molecule has 0 aliphatic carbocycles. The highest BCUT2D eigenvalue weighted by Gasteiger charge is 2.27. The summed E-state index contributed by atoms with van der Waals surface area (Å²) in [6, 6.07) is 0.359. The first-order valence-electron chi connectivity index (χ1n) is 4.97. The smallest absolute Gasteiger partial charge is 0.226 e. The fourth-order valence-corrected chi connectivity index (χ4v) is 1.76. The Hall–Kier alpha value is -0.570. The third kappa shape index (κ3) is 2.44. The summed E-state index contributed by atoms with van der Waals surface area (Å²) in [5.41, 5.74) is 0. The summed E-state index contributed by atoms with van der Waals surface area (Å²) in [6.07, 6.45) is 1.65. The van der Waals surface area contributed by atoms with Crippen molar-refractivity contribution in [2.45, 2.75) is 26.8 Å². The van der Waals surface area contributed by atoms with Crippen LogP contribution in [-0.2, 0) is 4.79 Å². The number of hydrogen-bond acceptors (Lipinski definition) is 2.